The van der Waals surface area contributed by atoms with E-state index in [9.17, 15) is 9.59 Å². The predicted molar refractivity (Wildman–Crippen MR) is 71.7 cm³/mol. The first-order valence-corrected chi connectivity index (χ1v) is 7.27. The lowest BCUT2D eigenvalue weighted by atomic mass is 9.95. The van der Waals surface area contributed by atoms with Crippen LogP contribution in [-0.2, 0) is 16.1 Å². The van der Waals surface area contributed by atoms with Gasteiger partial charge >= 0.3 is 5.97 Å². The molecule has 6 heteroatoms. The van der Waals surface area contributed by atoms with Gasteiger partial charge in [-0.1, -0.05) is 6.92 Å². The zero-order chi connectivity index (χ0) is 14.0. The molecule has 3 unspecified atom stereocenters. The van der Waals surface area contributed by atoms with Gasteiger partial charge in [0, 0.05) is 5.38 Å². The Labute approximate surface area is 116 Å². The summed E-state index contributed by atoms with van der Waals surface area (Å²) in [6.45, 7) is 4.28. The molecule has 1 aromatic heterocycles. The molecule has 2 N–H and O–H groups in total. The molecule has 1 amide bonds. The number of nitrogens with one attached hydrogen (secondary N) is 1. The number of rotatable bonds is 4. The van der Waals surface area contributed by atoms with Gasteiger partial charge in [-0.3, -0.25) is 9.59 Å². The van der Waals surface area contributed by atoms with Crippen molar-refractivity contribution >= 4 is 23.2 Å². The average molecular weight is 282 g/mol. The van der Waals surface area contributed by atoms with Crippen LogP contribution in [0.5, 0.6) is 0 Å². The Morgan fingerprint density at radius 1 is 1.47 bits per heavy atom. The van der Waals surface area contributed by atoms with Crippen LogP contribution in [0.1, 0.15) is 30.5 Å². The molecule has 0 aromatic carbocycles. The van der Waals surface area contributed by atoms with E-state index in [0.717, 1.165) is 10.7 Å². The van der Waals surface area contributed by atoms with Gasteiger partial charge in [0.1, 0.15) is 0 Å². The number of carbonyl (C=O) groups is 2. The molecular weight excluding hydrogens is 264 g/mol. The summed E-state index contributed by atoms with van der Waals surface area (Å²) in [5.74, 6) is -1.70. The molecule has 0 aliphatic heterocycles. The zero-order valence-electron chi connectivity index (χ0n) is 11.0. The maximum Gasteiger partial charge on any atom is 0.307 e. The standard InChI is InChI=1S/C13H18N2O3S/c1-7-3-10(11(4-7)13(17)18)12(16)14-5-9-6-19-8(2)15-9/h6-7,10-11H,3-5H2,1-2H3,(H,14,16)(H,17,18). The fraction of sp³-hybridized carbons (Fsp3) is 0.615. The van der Waals surface area contributed by atoms with Gasteiger partial charge in [-0.25, -0.2) is 4.98 Å². The summed E-state index contributed by atoms with van der Waals surface area (Å²) in [5, 5.41) is 14.8. The molecule has 19 heavy (non-hydrogen) atoms. The molecule has 1 aliphatic rings. The molecule has 0 radical (unpaired) electrons. The summed E-state index contributed by atoms with van der Waals surface area (Å²) in [6.07, 6.45) is 1.24. The molecule has 3 atom stereocenters. The predicted octanol–water partition coefficient (Wildman–Crippen LogP) is 1.81. The molecule has 104 valence electrons. The smallest absolute Gasteiger partial charge is 0.307 e. The Balaban J connectivity index is 1.93. The van der Waals surface area contributed by atoms with Gasteiger partial charge in [-0.15, -0.1) is 11.3 Å². The highest BCUT2D eigenvalue weighted by Gasteiger charge is 2.41. The third-order valence-electron chi connectivity index (χ3n) is 3.56. The van der Waals surface area contributed by atoms with Crippen LogP contribution in [0.4, 0.5) is 0 Å². The number of amides is 1. The second-order valence-corrected chi connectivity index (χ2v) is 6.27. The summed E-state index contributed by atoms with van der Waals surface area (Å²) in [7, 11) is 0. The molecule has 0 saturated heterocycles. The van der Waals surface area contributed by atoms with Crippen LogP contribution in [0.3, 0.4) is 0 Å². The van der Waals surface area contributed by atoms with E-state index in [1.54, 1.807) is 0 Å². The van der Waals surface area contributed by atoms with Gasteiger partial charge in [0.2, 0.25) is 5.91 Å². The van der Waals surface area contributed by atoms with Crippen LogP contribution in [-0.4, -0.2) is 22.0 Å². The normalized spacial score (nSPS) is 26.3. The van der Waals surface area contributed by atoms with Crippen LogP contribution < -0.4 is 5.32 Å². The minimum Gasteiger partial charge on any atom is -0.481 e. The first kappa shape index (κ1) is 14.0. The van der Waals surface area contributed by atoms with Gasteiger partial charge in [0.05, 0.1) is 29.1 Å². The van der Waals surface area contributed by atoms with Gasteiger partial charge in [0.15, 0.2) is 0 Å². The van der Waals surface area contributed by atoms with E-state index in [1.807, 2.05) is 19.2 Å². The van der Waals surface area contributed by atoms with Gasteiger partial charge in [-0.05, 0) is 25.7 Å². The number of carboxylic acid groups (broad SMARTS) is 1. The van der Waals surface area contributed by atoms with Crippen LogP contribution in [0.15, 0.2) is 5.38 Å². The van der Waals surface area contributed by atoms with Crippen molar-refractivity contribution in [2.24, 2.45) is 17.8 Å². The van der Waals surface area contributed by atoms with Crippen molar-refractivity contribution in [3.05, 3.63) is 16.1 Å². The lowest BCUT2D eigenvalue weighted by molar-refractivity contribution is -0.146. The summed E-state index contributed by atoms with van der Waals surface area (Å²) in [6, 6.07) is 0. The van der Waals surface area contributed by atoms with Crippen molar-refractivity contribution in [3.8, 4) is 0 Å². The molecule has 0 spiro atoms. The Morgan fingerprint density at radius 3 is 2.74 bits per heavy atom. The van der Waals surface area contributed by atoms with Crippen molar-refractivity contribution in [2.75, 3.05) is 0 Å². The molecule has 1 saturated carbocycles. The molecule has 1 aromatic rings. The van der Waals surface area contributed by atoms with E-state index < -0.39 is 17.8 Å². The highest BCUT2D eigenvalue weighted by atomic mass is 32.1. The summed E-state index contributed by atoms with van der Waals surface area (Å²) < 4.78 is 0. The minimum atomic E-state index is -0.867. The van der Waals surface area contributed by atoms with Crippen LogP contribution in [0, 0.1) is 24.7 Å². The summed E-state index contributed by atoms with van der Waals surface area (Å²) >= 11 is 1.54. The molecule has 1 heterocycles. The minimum absolute atomic E-state index is 0.164. The third kappa shape index (κ3) is 3.32. The van der Waals surface area contributed by atoms with Crippen LogP contribution >= 0.6 is 11.3 Å². The zero-order valence-corrected chi connectivity index (χ0v) is 11.9. The molecular formula is C13H18N2O3S. The third-order valence-corrected chi connectivity index (χ3v) is 4.38. The highest BCUT2D eigenvalue weighted by Crippen LogP contribution is 2.36. The monoisotopic (exact) mass is 282 g/mol. The number of nitrogens with zero attached hydrogens (tertiary/aromatic N) is 1. The number of thiazole rings is 1. The second kappa shape index (κ2) is 5.69. The first-order chi connectivity index (χ1) is 8.97. The van der Waals surface area contributed by atoms with Crippen molar-refractivity contribution < 1.29 is 14.7 Å². The summed E-state index contributed by atoms with van der Waals surface area (Å²) in [5.41, 5.74) is 0.828. The van der Waals surface area contributed by atoms with E-state index in [1.165, 1.54) is 11.3 Å². The van der Waals surface area contributed by atoms with E-state index in [4.69, 9.17) is 5.11 Å². The van der Waals surface area contributed by atoms with Crippen molar-refractivity contribution in [1.82, 2.24) is 10.3 Å². The lowest BCUT2D eigenvalue weighted by Crippen LogP contribution is -2.35. The number of aromatic nitrogens is 1. The van der Waals surface area contributed by atoms with Crippen LogP contribution in [0.25, 0.3) is 0 Å². The number of carboxylic acids is 1. The highest BCUT2D eigenvalue weighted by molar-refractivity contribution is 7.09. The van der Waals surface area contributed by atoms with Crippen molar-refractivity contribution in [1.29, 1.82) is 0 Å². The number of aryl methyl sites for hydroxylation is 1. The van der Waals surface area contributed by atoms with E-state index in [-0.39, 0.29) is 5.91 Å². The summed E-state index contributed by atoms with van der Waals surface area (Å²) in [4.78, 5) is 27.5. The Kier molecular flexibility index (Phi) is 4.19. The van der Waals surface area contributed by atoms with Gasteiger partial charge < -0.3 is 10.4 Å². The number of aliphatic carboxylic acids is 1. The largest absolute Gasteiger partial charge is 0.481 e. The number of hydrogen-bond donors (Lipinski definition) is 2. The fourth-order valence-corrected chi connectivity index (χ4v) is 3.27. The lowest BCUT2D eigenvalue weighted by Gasteiger charge is -2.14. The SMILES string of the molecule is Cc1nc(CNC(=O)C2CC(C)CC2C(=O)O)cs1. The molecule has 5 nitrogen and oxygen atoms in total. The van der Waals surface area contributed by atoms with E-state index >= 15 is 0 Å². The fourth-order valence-electron chi connectivity index (χ4n) is 2.65. The van der Waals surface area contributed by atoms with Crippen molar-refractivity contribution in [2.45, 2.75) is 33.2 Å². The Bertz CT molecular complexity index is 486. The molecule has 1 fully saturated rings. The quantitative estimate of drug-likeness (QED) is 0.882. The van der Waals surface area contributed by atoms with Crippen molar-refractivity contribution in [3.63, 3.8) is 0 Å². The number of carbonyl (C=O) groups excluding carboxylic acids is 1. The second-order valence-electron chi connectivity index (χ2n) is 5.20. The van der Waals surface area contributed by atoms with E-state index in [0.29, 0.717) is 25.3 Å². The average Bonchev–Trinajstić information content (AvgIpc) is 2.92. The molecule has 2 rings (SSSR count). The van der Waals surface area contributed by atoms with Crippen LogP contribution in [0.2, 0.25) is 0 Å². The van der Waals surface area contributed by atoms with E-state index in [2.05, 4.69) is 10.3 Å². The molecule has 0 bridgehead atoms. The maximum atomic E-state index is 12.1. The Hall–Kier alpha value is -1.43. The van der Waals surface area contributed by atoms with Gasteiger partial charge in [-0.2, -0.15) is 0 Å². The first-order valence-electron chi connectivity index (χ1n) is 6.39. The Morgan fingerprint density at radius 2 is 2.16 bits per heavy atom. The van der Waals surface area contributed by atoms with Gasteiger partial charge in [0.25, 0.3) is 0 Å². The number of hydrogen-bond acceptors (Lipinski definition) is 4. The molecule has 1 aliphatic carbocycles. The maximum absolute atomic E-state index is 12.1. The topological polar surface area (TPSA) is 79.3 Å².